The highest BCUT2D eigenvalue weighted by molar-refractivity contribution is 7.46. The summed E-state index contributed by atoms with van der Waals surface area (Å²) >= 11 is 0. The quantitative estimate of drug-likeness (QED) is 0.348. The normalized spacial score (nSPS) is 13.6. The zero-order valence-electron chi connectivity index (χ0n) is 13.2. The Hall–Kier alpha value is 0.110. The highest BCUT2D eigenvalue weighted by Gasteiger charge is 2.17. The minimum Gasteiger partial charge on any atom is -0.303 e. The summed E-state index contributed by atoms with van der Waals surface area (Å²) in [5.74, 6) is 0.292. The molecule has 0 heterocycles. The van der Waals surface area contributed by atoms with Gasteiger partial charge in [-0.1, -0.05) is 71.6 Å². The second-order valence-electron chi connectivity index (χ2n) is 5.70. The zero-order valence-corrected chi connectivity index (χ0v) is 14.1. The van der Waals surface area contributed by atoms with E-state index in [1.54, 1.807) is 0 Å². The van der Waals surface area contributed by atoms with Crippen molar-refractivity contribution in [1.29, 1.82) is 0 Å². The lowest BCUT2D eigenvalue weighted by Crippen LogP contribution is -2.09. The van der Waals surface area contributed by atoms with E-state index in [1.165, 1.54) is 44.9 Å². The van der Waals surface area contributed by atoms with E-state index in [2.05, 4.69) is 18.4 Å². The van der Waals surface area contributed by atoms with Gasteiger partial charge in [-0.15, -0.1) is 0 Å². The van der Waals surface area contributed by atoms with Gasteiger partial charge in [-0.3, -0.25) is 4.52 Å². The molecule has 0 fully saturated rings. The maximum absolute atomic E-state index is 10.8. The summed E-state index contributed by atoms with van der Waals surface area (Å²) in [4.78, 5) is 17.6. The lowest BCUT2D eigenvalue weighted by molar-refractivity contribution is 0.157. The highest BCUT2D eigenvalue weighted by atomic mass is 31.2. The third kappa shape index (κ3) is 14.5. The van der Waals surface area contributed by atoms with Gasteiger partial charge in [-0.05, 0) is 18.8 Å². The van der Waals surface area contributed by atoms with Crippen molar-refractivity contribution >= 4 is 7.82 Å². The topological polar surface area (TPSA) is 66.8 Å². The molecule has 122 valence electrons. The minimum absolute atomic E-state index is 0.197. The first-order valence-corrected chi connectivity index (χ1v) is 9.72. The van der Waals surface area contributed by atoms with Crippen molar-refractivity contribution in [2.75, 3.05) is 6.61 Å². The largest absolute Gasteiger partial charge is 0.469 e. The van der Waals surface area contributed by atoms with E-state index in [0.717, 1.165) is 25.7 Å². The Morgan fingerprint density at radius 2 is 1.30 bits per heavy atom. The number of hydrogen-bond donors (Lipinski definition) is 2. The first-order valence-electron chi connectivity index (χ1n) is 8.19. The number of hydrogen-bond acceptors (Lipinski definition) is 2. The fourth-order valence-electron chi connectivity index (χ4n) is 2.41. The van der Waals surface area contributed by atoms with Gasteiger partial charge in [-0.25, -0.2) is 4.57 Å². The van der Waals surface area contributed by atoms with Crippen LogP contribution in [0.4, 0.5) is 0 Å². The van der Waals surface area contributed by atoms with Crippen LogP contribution in [-0.2, 0) is 9.09 Å². The van der Waals surface area contributed by atoms with Crippen molar-refractivity contribution < 1.29 is 18.9 Å². The Labute approximate surface area is 124 Å². The average Bonchev–Trinajstić information content (AvgIpc) is 2.38. The van der Waals surface area contributed by atoms with E-state index in [0.29, 0.717) is 5.92 Å². The fraction of sp³-hybridized carbons (Fsp3) is 1.00. The number of phosphoric ester groups is 1. The molecule has 0 aliphatic rings. The van der Waals surface area contributed by atoms with Crippen molar-refractivity contribution in [2.24, 2.45) is 5.92 Å². The molecule has 0 radical (unpaired) electrons. The Morgan fingerprint density at radius 1 is 0.850 bits per heavy atom. The summed E-state index contributed by atoms with van der Waals surface area (Å²) < 4.78 is 15.5. The van der Waals surface area contributed by atoms with Gasteiger partial charge < -0.3 is 9.79 Å². The summed E-state index contributed by atoms with van der Waals surface area (Å²) in [6.45, 7) is 4.57. The van der Waals surface area contributed by atoms with Crippen molar-refractivity contribution in [3.63, 3.8) is 0 Å². The van der Waals surface area contributed by atoms with Crippen LogP contribution in [0.1, 0.15) is 84.5 Å². The van der Waals surface area contributed by atoms with Gasteiger partial charge in [-0.2, -0.15) is 0 Å². The van der Waals surface area contributed by atoms with Crippen molar-refractivity contribution in [3.05, 3.63) is 0 Å². The molecule has 4 nitrogen and oxygen atoms in total. The van der Waals surface area contributed by atoms with Gasteiger partial charge in [0.2, 0.25) is 0 Å². The molecular formula is C15H33O4P. The fourth-order valence-corrected chi connectivity index (χ4v) is 2.81. The van der Waals surface area contributed by atoms with E-state index in [9.17, 15) is 4.57 Å². The standard InChI is InChI=1S/C15H33O4P/c1-3-5-7-8-9-11-13-15(12-10-6-4-2)14-19-20(16,17)18/h15H,3-14H2,1-2H3,(H2,16,17,18). The van der Waals surface area contributed by atoms with Gasteiger partial charge in [0, 0.05) is 0 Å². The van der Waals surface area contributed by atoms with Crippen LogP contribution < -0.4 is 0 Å². The molecular weight excluding hydrogens is 275 g/mol. The predicted octanol–water partition coefficient (Wildman–Crippen LogP) is 5.04. The van der Waals surface area contributed by atoms with Crippen LogP contribution in [0.15, 0.2) is 0 Å². The third-order valence-corrected chi connectivity index (χ3v) is 4.15. The van der Waals surface area contributed by atoms with Gasteiger partial charge in [0.25, 0.3) is 0 Å². The Bertz CT molecular complexity index is 252. The molecule has 0 aromatic carbocycles. The molecule has 5 heteroatoms. The van der Waals surface area contributed by atoms with Crippen molar-refractivity contribution in [1.82, 2.24) is 0 Å². The monoisotopic (exact) mass is 308 g/mol. The van der Waals surface area contributed by atoms with Crippen molar-refractivity contribution in [3.8, 4) is 0 Å². The first kappa shape index (κ1) is 20.1. The van der Waals surface area contributed by atoms with Gasteiger partial charge in [0.05, 0.1) is 6.61 Å². The second kappa shape index (κ2) is 12.8. The van der Waals surface area contributed by atoms with E-state index in [1.807, 2.05) is 0 Å². The molecule has 0 bridgehead atoms. The summed E-state index contributed by atoms with van der Waals surface area (Å²) in [5, 5.41) is 0. The molecule has 0 aromatic heterocycles. The molecule has 0 saturated heterocycles. The molecule has 1 atom stereocenters. The average molecular weight is 308 g/mol. The molecule has 0 aliphatic heterocycles. The molecule has 0 spiro atoms. The van der Waals surface area contributed by atoms with E-state index < -0.39 is 7.82 Å². The van der Waals surface area contributed by atoms with Gasteiger partial charge >= 0.3 is 7.82 Å². The summed E-state index contributed by atoms with van der Waals surface area (Å²) in [6, 6.07) is 0. The molecule has 0 saturated carbocycles. The van der Waals surface area contributed by atoms with Crippen LogP contribution in [0, 0.1) is 5.92 Å². The Kier molecular flexibility index (Phi) is 12.9. The molecule has 20 heavy (non-hydrogen) atoms. The van der Waals surface area contributed by atoms with E-state index in [4.69, 9.17) is 9.79 Å². The Morgan fingerprint density at radius 3 is 1.85 bits per heavy atom. The second-order valence-corrected chi connectivity index (χ2v) is 6.94. The van der Waals surface area contributed by atoms with Crippen molar-refractivity contribution in [2.45, 2.75) is 84.5 Å². The third-order valence-electron chi connectivity index (χ3n) is 3.66. The lowest BCUT2D eigenvalue weighted by Gasteiger charge is -2.17. The molecule has 0 aromatic rings. The van der Waals surface area contributed by atoms with Gasteiger partial charge in [0.15, 0.2) is 0 Å². The molecule has 2 N–H and O–H groups in total. The summed E-state index contributed by atoms with van der Waals surface area (Å²) in [6.07, 6.45) is 13.0. The smallest absolute Gasteiger partial charge is 0.303 e. The minimum atomic E-state index is -4.31. The van der Waals surface area contributed by atoms with Crippen LogP contribution >= 0.6 is 7.82 Å². The predicted molar refractivity (Wildman–Crippen MR) is 83.6 cm³/mol. The van der Waals surface area contributed by atoms with Crippen LogP contribution in [0.5, 0.6) is 0 Å². The lowest BCUT2D eigenvalue weighted by atomic mass is 9.95. The van der Waals surface area contributed by atoms with Gasteiger partial charge in [0.1, 0.15) is 0 Å². The van der Waals surface area contributed by atoms with Crippen LogP contribution in [-0.4, -0.2) is 16.4 Å². The molecule has 0 aliphatic carbocycles. The number of phosphoric acid groups is 1. The van der Waals surface area contributed by atoms with Crippen LogP contribution in [0.2, 0.25) is 0 Å². The maximum Gasteiger partial charge on any atom is 0.469 e. The number of unbranched alkanes of at least 4 members (excludes halogenated alkanes) is 7. The molecule has 0 rings (SSSR count). The maximum atomic E-state index is 10.8. The number of rotatable bonds is 14. The van der Waals surface area contributed by atoms with E-state index >= 15 is 0 Å². The summed E-state index contributed by atoms with van der Waals surface area (Å²) in [5.41, 5.74) is 0. The van der Waals surface area contributed by atoms with Crippen LogP contribution in [0.3, 0.4) is 0 Å². The highest BCUT2D eigenvalue weighted by Crippen LogP contribution is 2.37. The van der Waals surface area contributed by atoms with E-state index in [-0.39, 0.29) is 6.61 Å². The zero-order chi connectivity index (χ0) is 15.3. The molecule has 1 unspecified atom stereocenters. The summed E-state index contributed by atoms with van der Waals surface area (Å²) in [7, 11) is -4.31. The SMILES string of the molecule is CCCCCCCCC(CCCCC)COP(=O)(O)O. The van der Waals surface area contributed by atoms with Crippen LogP contribution in [0.25, 0.3) is 0 Å². The Balaban J connectivity index is 3.82. The first-order chi connectivity index (χ1) is 9.49. The molecule has 0 amide bonds.